The largest absolute Gasteiger partial charge is 0.462 e. The Kier molecular flexibility index (Phi) is 12.5. The number of aliphatic hydroxyl groups excluding tert-OH is 2. The summed E-state index contributed by atoms with van der Waals surface area (Å²) in [5.74, 6) is -2.51. The number of pyridine rings is 2. The Balaban J connectivity index is 0.986. The van der Waals surface area contributed by atoms with Crippen molar-refractivity contribution < 1.29 is 48.3 Å². The lowest BCUT2D eigenvalue weighted by molar-refractivity contribution is -0.272. The quantitative estimate of drug-likeness (QED) is 0.0722. The van der Waals surface area contributed by atoms with Crippen LogP contribution < -0.4 is 26.2 Å². The molecule has 336 valence electrons. The van der Waals surface area contributed by atoms with Gasteiger partial charge < -0.3 is 59.4 Å². The number of ether oxygens (including phenoxy) is 5. The summed E-state index contributed by atoms with van der Waals surface area (Å²) in [6.45, 7) is 6.74. The molecule has 2 aromatic carbocycles. The van der Waals surface area contributed by atoms with Gasteiger partial charge in [-0.15, -0.1) is 0 Å². The first kappa shape index (κ1) is 44.4. The van der Waals surface area contributed by atoms with E-state index in [1.165, 1.54) is 13.4 Å². The molecule has 0 bridgehead atoms. The maximum absolute atomic E-state index is 14.3. The Morgan fingerprint density at radius 2 is 1.84 bits per heavy atom. The second-order valence-corrected chi connectivity index (χ2v) is 16.8. The molecule has 0 saturated carbocycles. The van der Waals surface area contributed by atoms with Crippen molar-refractivity contribution >= 4 is 51.8 Å². The molecule has 3 aliphatic rings. The molecular formula is C45H49N7O11S. The van der Waals surface area contributed by atoms with Gasteiger partial charge in [-0.05, 0) is 73.9 Å². The maximum Gasteiger partial charge on any atom is 0.355 e. The van der Waals surface area contributed by atoms with Crippen LogP contribution in [-0.2, 0) is 58.5 Å². The standard InChI is InChI=1S/C45H49N7O11S/c1-6-45(30-17-33-35-25(15-24-9-7-8-10-31(24)49-35)19-52(33)40(56)29(30)20-60-43(45)58)63-41(57)34(22(2)3)51-39(55)32(16-27-18-46-21-47-27)50-44(64)48-26-11-13-28(14-12-26)62-42-37(54)38(59-5)36(53)23(4)61-42/h7-15,17-18,21-23,32,34,36-38,42,53-54H,6,16,19-20H2,1-5H3,(H,46,47)(H,51,55)(H2,48,50,64). The van der Waals surface area contributed by atoms with Gasteiger partial charge in [-0.1, -0.05) is 39.0 Å². The van der Waals surface area contributed by atoms with Gasteiger partial charge in [0.05, 0.1) is 41.4 Å². The average molecular weight is 896 g/mol. The van der Waals surface area contributed by atoms with Crippen LogP contribution in [0.25, 0.3) is 22.3 Å². The van der Waals surface area contributed by atoms with E-state index in [-0.39, 0.29) is 47.8 Å². The van der Waals surface area contributed by atoms with Crippen LogP contribution in [0.4, 0.5) is 5.69 Å². The number of para-hydroxylation sites is 1. The lowest BCUT2D eigenvalue weighted by Gasteiger charge is -2.40. The number of benzene rings is 2. The summed E-state index contributed by atoms with van der Waals surface area (Å²) in [5, 5.41) is 30.8. The molecule has 8 unspecified atom stereocenters. The number of hydrogen-bond acceptors (Lipinski definition) is 14. The highest BCUT2D eigenvalue weighted by Crippen LogP contribution is 2.41. The SMILES string of the molecule is CCC1(OC(=O)C(NC(=O)C(Cc2cnc[nH]2)NC(=S)Nc2ccc(OC3OC(C)C(O)C(OC)C3O)cc2)C(C)C)C(=O)OCc2c1cc1n(c2=O)Cc2cc3ccccc3nc2-1. The molecule has 5 aromatic rings. The summed E-state index contributed by atoms with van der Waals surface area (Å²) in [5.41, 5.74) is 1.84. The lowest BCUT2D eigenvalue weighted by Crippen LogP contribution is -2.59. The molecule has 1 fully saturated rings. The number of thiocarbonyl (C=S) groups is 1. The summed E-state index contributed by atoms with van der Waals surface area (Å²) >= 11 is 5.63. The lowest BCUT2D eigenvalue weighted by atomic mass is 9.85. The van der Waals surface area contributed by atoms with E-state index in [9.17, 15) is 29.4 Å². The number of cyclic esters (lactones) is 1. The number of nitrogens with zero attached hydrogens (tertiary/aromatic N) is 3. The minimum Gasteiger partial charge on any atom is -0.462 e. The number of H-pyrrole nitrogens is 1. The summed E-state index contributed by atoms with van der Waals surface area (Å²) in [7, 11) is 1.38. The van der Waals surface area contributed by atoms with Crippen LogP contribution in [0.3, 0.4) is 0 Å². The molecule has 19 heteroatoms. The van der Waals surface area contributed by atoms with Gasteiger partial charge in [0.15, 0.2) is 5.11 Å². The maximum atomic E-state index is 14.3. The molecule has 8 rings (SSSR count). The minimum atomic E-state index is -1.99. The molecule has 6 N–H and O–H groups in total. The molecule has 64 heavy (non-hydrogen) atoms. The number of aliphatic hydroxyl groups is 2. The first-order valence-corrected chi connectivity index (χ1v) is 21.3. The number of amides is 1. The molecule has 1 saturated heterocycles. The molecule has 0 aliphatic carbocycles. The summed E-state index contributed by atoms with van der Waals surface area (Å²) in [6.07, 6.45) is -1.89. The molecule has 6 heterocycles. The Bertz CT molecular complexity index is 2640. The molecule has 0 spiro atoms. The highest BCUT2D eigenvalue weighted by molar-refractivity contribution is 7.80. The molecule has 3 aliphatic heterocycles. The van der Waals surface area contributed by atoms with Gasteiger partial charge in [0.2, 0.25) is 17.8 Å². The van der Waals surface area contributed by atoms with Gasteiger partial charge in [-0.25, -0.2) is 19.6 Å². The molecule has 8 atom stereocenters. The zero-order chi connectivity index (χ0) is 45.4. The van der Waals surface area contributed by atoms with E-state index in [2.05, 4.69) is 25.9 Å². The predicted molar refractivity (Wildman–Crippen MR) is 235 cm³/mol. The van der Waals surface area contributed by atoms with Crippen LogP contribution in [0.5, 0.6) is 5.75 Å². The number of carbonyl (C=O) groups excluding carboxylic acids is 3. The van der Waals surface area contributed by atoms with E-state index in [4.69, 9.17) is 40.9 Å². The molecule has 3 aromatic heterocycles. The third-order valence-corrected chi connectivity index (χ3v) is 12.1. The van der Waals surface area contributed by atoms with Crippen molar-refractivity contribution in [2.45, 2.75) is 102 Å². The smallest absolute Gasteiger partial charge is 0.355 e. The van der Waals surface area contributed by atoms with Crippen LogP contribution in [0.2, 0.25) is 0 Å². The molecular weight excluding hydrogens is 847 g/mol. The number of aromatic amines is 1. The first-order chi connectivity index (χ1) is 30.7. The fourth-order valence-corrected chi connectivity index (χ4v) is 8.60. The second-order valence-electron chi connectivity index (χ2n) is 16.4. The van der Waals surface area contributed by atoms with E-state index >= 15 is 0 Å². The van der Waals surface area contributed by atoms with Crippen molar-refractivity contribution in [1.82, 2.24) is 30.2 Å². The van der Waals surface area contributed by atoms with E-state index in [1.54, 1.807) is 68.8 Å². The first-order valence-electron chi connectivity index (χ1n) is 20.9. The summed E-state index contributed by atoms with van der Waals surface area (Å²) in [4.78, 5) is 68.4. The number of methoxy groups -OCH3 is 1. The topological polar surface area (TPSA) is 237 Å². The number of aromatic nitrogens is 4. The van der Waals surface area contributed by atoms with Crippen molar-refractivity contribution in [2.24, 2.45) is 5.92 Å². The highest BCUT2D eigenvalue weighted by atomic mass is 32.1. The fourth-order valence-electron chi connectivity index (χ4n) is 8.34. The zero-order valence-corrected chi connectivity index (χ0v) is 36.5. The number of imidazole rings is 1. The third kappa shape index (κ3) is 8.44. The van der Waals surface area contributed by atoms with Crippen LogP contribution in [0.15, 0.2) is 78.0 Å². The third-order valence-electron chi connectivity index (χ3n) is 11.9. The second kappa shape index (κ2) is 18.1. The van der Waals surface area contributed by atoms with Crippen LogP contribution in [-0.4, -0.2) is 103 Å². The van der Waals surface area contributed by atoms with Crippen LogP contribution in [0, 0.1) is 5.92 Å². The van der Waals surface area contributed by atoms with Crippen molar-refractivity contribution in [3.8, 4) is 17.1 Å². The summed E-state index contributed by atoms with van der Waals surface area (Å²) < 4.78 is 30.1. The van der Waals surface area contributed by atoms with Crippen LogP contribution >= 0.6 is 12.2 Å². The van der Waals surface area contributed by atoms with E-state index < -0.39 is 72.2 Å². The predicted octanol–water partition coefficient (Wildman–Crippen LogP) is 2.95. The van der Waals surface area contributed by atoms with Crippen molar-refractivity contribution in [3.05, 3.63) is 106 Å². The number of nitrogens with one attached hydrogen (secondary N) is 4. The Labute approximate surface area is 372 Å². The Morgan fingerprint density at radius 1 is 1.08 bits per heavy atom. The van der Waals surface area contributed by atoms with Crippen molar-refractivity contribution in [3.63, 3.8) is 0 Å². The fraction of sp³-hybridized carbons (Fsp3) is 0.400. The number of esters is 2. The Hall–Kier alpha value is -6.25. The number of anilines is 1. The van der Waals surface area contributed by atoms with Gasteiger partial charge in [-0.3, -0.25) is 9.59 Å². The van der Waals surface area contributed by atoms with Crippen LogP contribution in [0.1, 0.15) is 56.5 Å². The van der Waals surface area contributed by atoms with Gasteiger partial charge in [0, 0.05) is 47.6 Å². The van der Waals surface area contributed by atoms with E-state index in [1.807, 2.05) is 30.3 Å². The zero-order valence-electron chi connectivity index (χ0n) is 35.7. The summed E-state index contributed by atoms with van der Waals surface area (Å²) in [6, 6.07) is 15.6. The number of hydrogen-bond donors (Lipinski definition) is 6. The number of fused-ring (bicyclic) bond motifs is 5. The monoisotopic (exact) mass is 895 g/mol. The molecule has 18 nitrogen and oxygen atoms in total. The average Bonchev–Trinajstić information content (AvgIpc) is 3.93. The van der Waals surface area contributed by atoms with Gasteiger partial charge in [-0.2, -0.15) is 0 Å². The van der Waals surface area contributed by atoms with Gasteiger partial charge in [0.25, 0.3) is 5.56 Å². The van der Waals surface area contributed by atoms with E-state index in [0.717, 1.165) is 16.5 Å². The Morgan fingerprint density at radius 3 is 2.55 bits per heavy atom. The molecule has 1 amide bonds. The minimum absolute atomic E-state index is 0.0603. The van der Waals surface area contributed by atoms with Gasteiger partial charge in [0.1, 0.15) is 42.8 Å². The highest BCUT2D eigenvalue weighted by Gasteiger charge is 2.52. The number of carbonyl (C=O) groups is 3. The molecule has 0 radical (unpaired) electrons. The van der Waals surface area contributed by atoms with E-state index in [0.29, 0.717) is 28.5 Å². The van der Waals surface area contributed by atoms with Gasteiger partial charge >= 0.3 is 11.9 Å². The number of rotatable bonds is 13. The normalized spacial score (nSPS) is 23.2. The van der Waals surface area contributed by atoms with Crippen molar-refractivity contribution in [1.29, 1.82) is 0 Å². The van der Waals surface area contributed by atoms with Crippen molar-refractivity contribution in [2.75, 3.05) is 12.4 Å².